The number of thiophene rings is 1. The Morgan fingerprint density at radius 3 is 2.65 bits per heavy atom. The molecule has 0 fully saturated rings. The number of rotatable bonds is 4. The summed E-state index contributed by atoms with van der Waals surface area (Å²) < 4.78 is 0.614. The Hall–Kier alpha value is -1.86. The highest BCUT2D eigenvalue weighted by Crippen LogP contribution is 2.24. The minimum atomic E-state index is -1.16. The molecule has 3 N–H and O–H groups in total. The van der Waals surface area contributed by atoms with Crippen LogP contribution in [0, 0.1) is 0 Å². The van der Waals surface area contributed by atoms with Crippen molar-refractivity contribution in [3.63, 3.8) is 0 Å². The molecule has 1 heterocycles. The van der Waals surface area contributed by atoms with E-state index in [9.17, 15) is 19.8 Å². The fourth-order valence-electron chi connectivity index (χ4n) is 1.61. The Balaban J connectivity index is 2.25. The number of nitrogens with one attached hydrogen (secondary N) is 1. The summed E-state index contributed by atoms with van der Waals surface area (Å²) in [6.45, 7) is 0. The lowest BCUT2D eigenvalue weighted by Gasteiger charge is -2.13. The highest BCUT2D eigenvalue weighted by molar-refractivity contribution is 9.10. The van der Waals surface area contributed by atoms with Gasteiger partial charge in [0.05, 0.1) is 5.56 Å². The standard InChI is InChI=1S/C13H10BrNO4S/c14-7-3-4-9(16)8(6-7)12(17)15-11(13(18)19)10-2-1-5-20-10/h1-6,11,16H,(H,15,17)(H,18,19). The summed E-state index contributed by atoms with van der Waals surface area (Å²) >= 11 is 4.43. The zero-order valence-corrected chi connectivity index (χ0v) is 12.4. The number of hydrogen-bond donors (Lipinski definition) is 3. The van der Waals surface area contributed by atoms with E-state index in [1.165, 1.54) is 23.5 Å². The van der Waals surface area contributed by atoms with Gasteiger partial charge in [-0.15, -0.1) is 11.3 Å². The molecule has 2 rings (SSSR count). The third kappa shape index (κ3) is 3.17. The van der Waals surface area contributed by atoms with Crippen LogP contribution in [-0.2, 0) is 4.79 Å². The third-order valence-electron chi connectivity index (χ3n) is 2.55. The number of hydrogen-bond acceptors (Lipinski definition) is 4. The zero-order chi connectivity index (χ0) is 14.7. The van der Waals surface area contributed by atoms with Gasteiger partial charge in [0, 0.05) is 9.35 Å². The van der Waals surface area contributed by atoms with Crippen LogP contribution in [0.15, 0.2) is 40.2 Å². The first-order valence-electron chi connectivity index (χ1n) is 5.54. The Bertz CT molecular complexity index is 642. The SMILES string of the molecule is O=C(NC(C(=O)O)c1cccs1)c1cc(Br)ccc1O. The Labute approximate surface area is 127 Å². The van der Waals surface area contributed by atoms with Crippen LogP contribution in [0.1, 0.15) is 21.3 Å². The van der Waals surface area contributed by atoms with Crippen LogP contribution >= 0.6 is 27.3 Å². The molecule has 1 aromatic heterocycles. The number of benzene rings is 1. The number of aromatic hydroxyl groups is 1. The van der Waals surface area contributed by atoms with Gasteiger partial charge in [-0.25, -0.2) is 4.79 Å². The number of aliphatic carboxylic acids is 1. The van der Waals surface area contributed by atoms with Crippen LogP contribution in [-0.4, -0.2) is 22.1 Å². The van der Waals surface area contributed by atoms with Crippen molar-refractivity contribution in [2.75, 3.05) is 0 Å². The molecule has 0 spiro atoms. The Morgan fingerprint density at radius 1 is 1.30 bits per heavy atom. The first kappa shape index (κ1) is 14.5. The van der Waals surface area contributed by atoms with E-state index in [-0.39, 0.29) is 11.3 Å². The summed E-state index contributed by atoms with van der Waals surface area (Å²) in [6.07, 6.45) is 0. The Kier molecular flexibility index (Phi) is 4.41. The molecule has 1 atom stereocenters. The summed E-state index contributed by atoms with van der Waals surface area (Å²) in [5.41, 5.74) is 0.0159. The number of carbonyl (C=O) groups excluding carboxylic acids is 1. The Morgan fingerprint density at radius 2 is 2.05 bits per heavy atom. The molecule has 1 unspecified atom stereocenters. The lowest BCUT2D eigenvalue weighted by molar-refractivity contribution is -0.139. The van der Waals surface area contributed by atoms with E-state index in [0.717, 1.165) is 0 Å². The smallest absolute Gasteiger partial charge is 0.331 e. The van der Waals surface area contributed by atoms with E-state index < -0.39 is 17.9 Å². The molecule has 0 aliphatic heterocycles. The van der Waals surface area contributed by atoms with Crippen molar-refractivity contribution in [3.05, 3.63) is 50.6 Å². The molecular weight excluding hydrogens is 346 g/mol. The van der Waals surface area contributed by atoms with Crippen molar-refractivity contribution in [2.24, 2.45) is 0 Å². The second kappa shape index (κ2) is 6.06. The van der Waals surface area contributed by atoms with Gasteiger partial charge < -0.3 is 15.5 Å². The fourth-order valence-corrected chi connectivity index (χ4v) is 2.74. The molecule has 1 amide bonds. The number of amides is 1. The van der Waals surface area contributed by atoms with Crippen LogP contribution in [0.5, 0.6) is 5.75 Å². The van der Waals surface area contributed by atoms with Crippen LogP contribution < -0.4 is 5.32 Å². The normalized spacial score (nSPS) is 11.8. The first-order chi connectivity index (χ1) is 9.49. The van der Waals surface area contributed by atoms with Crippen molar-refractivity contribution >= 4 is 39.1 Å². The summed E-state index contributed by atoms with van der Waals surface area (Å²) in [5.74, 6) is -2.01. The number of carboxylic acid groups (broad SMARTS) is 1. The van der Waals surface area contributed by atoms with E-state index in [1.807, 2.05) is 0 Å². The van der Waals surface area contributed by atoms with Gasteiger partial charge >= 0.3 is 5.97 Å². The number of phenols is 1. The lowest BCUT2D eigenvalue weighted by Crippen LogP contribution is -2.33. The first-order valence-corrected chi connectivity index (χ1v) is 7.22. The minimum Gasteiger partial charge on any atom is -0.507 e. The molecule has 1 aromatic carbocycles. The lowest BCUT2D eigenvalue weighted by atomic mass is 10.1. The molecule has 7 heteroatoms. The number of halogens is 1. The van der Waals surface area contributed by atoms with Crippen molar-refractivity contribution < 1.29 is 19.8 Å². The number of carboxylic acids is 1. The monoisotopic (exact) mass is 355 g/mol. The maximum Gasteiger partial charge on any atom is 0.331 e. The molecular formula is C13H10BrNO4S. The van der Waals surface area contributed by atoms with Crippen molar-refractivity contribution in [1.29, 1.82) is 0 Å². The largest absolute Gasteiger partial charge is 0.507 e. The van der Waals surface area contributed by atoms with Gasteiger partial charge in [0.1, 0.15) is 5.75 Å². The van der Waals surface area contributed by atoms with Crippen molar-refractivity contribution in [1.82, 2.24) is 5.32 Å². The van der Waals surface area contributed by atoms with Crippen LogP contribution in [0.2, 0.25) is 0 Å². The van der Waals surface area contributed by atoms with E-state index >= 15 is 0 Å². The van der Waals surface area contributed by atoms with E-state index in [4.69, 9.17) is 0 Å². The summed E-state index contributed by atoms with van der Waals surface area (Å²) in [5, 5.41) is 23.0. The average Bonchev–Trinajstić information content (AvgIpc) is 2.91. The zero-order valence-electron chi connectivity index (χ0n) is 10.0. The van der Waals surface area contributed by atoms with Crippen molar-refractivity contribution in [3.8, 4) is 5.75 Å². The van der Waals surface area contributed by atoms with Gasteiger partial charge in [-0.2, -0.15) is 0 Å². The molecule has 0 saturated carbocycles. The van der Waals surface area contributed by atoms with Gasteiger partial charge in [-0.05, 0) is 29.6 Å². The number of carbonyl (C=O) groups is 2. The van der Waals surface area contributed by atoms with E-state index in [1.54, 1.807) is 23.6 Å². The summed E-state index contributed by atoms with van der Waals surface area (Å²) in [4.78, 5) is 23.8. The van der Waals surface area contributed by atoms with Crippen LogP contribution in [0.25, 0.3) is 0 Å². The highest BCUT2D eigenvalue weighted by Gasteiger charge is 2.24. The molecule has 0 aliphatic carbocycles. The van der Waals surface area contributed by atoms with Crippen LogP contribution in [0.3, 0.4) is 0 Å². The van der Waals surface area contributed by atoms with Gasteiger partial charge in [0.15, 0.2) is 6.04 Å². The minimum absolute atomic E-state index is 0.0159. The average molecular weight is 356 g/mol. The fraction of sp³-hybridized carbons (Fsp3) is 0.0769. The molecule has 20 heavy (non-hydrogen) atoms. The van der Waals surface area contributed by atoms with Gasteiger partial charge in [-0.1, -0.05) is 22.0 Å². The molecule has 5 nitrogen and oxygen atoms in total. The molecule has 2 aromatic rings. The second-order valence-electron chi connectivity index (χ2n) is 3.92. The van der Waals surface area contributed by atoms with Gasteiger partial charge in [-0.3, -0.25) is 4.79 Å². The second-order valence-corrected chi connectivity index (χ2v) is 5.82. The molecule has 0 aliphatic rings. The molecule has 0 bridgehead atoms. The van der Waals surface area contributed by atoms with Crippen LogP contribution in [0.4, 0.5) is 0 Å². The molecule has 0 saturated heterocycles. The highest BCUT2D eigenvalue weighted by atomic mass is 79.9. The van der Waals surface area contributed by atoms with E-state index in [2.05, 4.69) is 21.2 Å². The maximum atomic E-state index is 12.1. The number of phenolic OH excluding ortho intramolecular Hbond substituents is 1. The van der Waals surface area contributed by atoms with Gasteiger partial charge in [0.2, 0.25) is 0 Å². The maximum absolute atomic E-state index is 12.1. The molecule has 0 radical (unpaired) electrons. The summed E-state index contributed by atoms with van der Waals surface area (Å²) in [6, 6.07) is 6.57. The van der Waals surface area contributed by atoms with E-state index in [0.29, 0.717) is 9.35 Å². The topological polar surface area (TPSA) is 86.6 Å². The summed E-state index contributed by atoms with van der Waals surface area (Å²) in [7, 11) is 0. The third-order valence-corrected chi connectivity index (χ3v) is 3.98. The predicted molar refractivity (Wildman–Crippen MR) is 78.0 cm³/mol. The predicted octanol–water partition coefficient (Wildman–Crippen LogP) is 2.77. The van der Waals surface area contributed by atoms with Crippen molar-refractivity contribution in [2.45, 2.75) is 6.04 Å². The quantitative estimate of drug-likeness (QED) is 0.786. The van der Waals surface area contributed by atoms with Gasteiger partial charge in [0.25, 0.3) is 5.91 Å². The molecule has 104 valence electrons.